The first-order chi connectivity index (χ1) is 45.8. The zero-order chi connectivity index (χ0) is 67.2. The molecule has 0 aromatic heterocycles. The molecule has 0 saturated carbocycles. The molecule has 0 unspecified atom stereocenters. The van der Waals surface area contributed by atoms with Gasteiger partial charge in [0.25, 0.3) is 0 Å². The van der Waals surface area contributed by atoms with Gasteiger partial charge in [-0.15, -0.1) is 0 Å². The van der Waals surface area contributed by atoms with E-state index in [1.165, 1.54) is 45.6 Å². The summed E-state index contributed by atoms with van der Waals surface area (Å²) in [6, 6.07) is 42.1. The molecule has 482 valence electrons. The highest BCUT2D eigenvalue weighted by Crippen LogP contribution is 2.45. The molecule has 10 N–H and O–H groups in total. The van der Waals surface area contributed by atoms with Crippen molar-refractivity contribution >= 4 is 108 Å². The lowest BCUT2D eigenvalue weighted by atomic mass is 9.89. The SMILES string of the molecule is C=c1ccc2c(c1)Oc1cc(Nc3ccc(NC(=O)NCC)cc3OC)ccc1C=2c1ccc(S(=O)(=O)c2ccc(-c3c4cc/c(=N\c5ccc(NC(=O)NCC)cc5OC)cc-4oc4cc(Nc5ccc(NC(=O)NCC)cc5OC)ccc34)c(C(=O)O)c2)cc1C(=O)O. The van der Waals surface area contributed by atoms with E-state index in [9.17, 15) is 34.2 Å². The fourth-order valence-electron chi connectivity index (χ4n) is 11.0. The number of benzene rings is 9. The molecule has 23 nitrogen and oxygen atoms in total. The van der Waals surface area contributed by atoms with Crippen LogP contribution in [-0.2, 0) is 9.84 Å². The Balaban J connectivity index is 0.986. The first-order valence-corrected chi connectivity index (χ1v) is 31.2. The second-order valence-electron chi connectivity index (χ2n) is 21.4. The van der Waals surface area contributed by atoms with Gasteiger partial charge in [0.1, 0.15) is 45.8 Å². The van der Waals surface area contributed by atoms with Gasteiger partial charge < -0.3 is 76.1 Å². The minimum Gasteiger partial charge on any atom is -0.494 e. The lowest BCUT2D eigenvalue weighted by Gasteiger charge is -2.23. The van der Waals surface area contributed by atoms with E-state index in [4.69, 9.17) is 28.4 Å². The van der Waals surface area contributed by atoms with Crippen LogP contribution in [0.25, 0.3) is 45.6 Å². The standard InChI is InChI=1S/C71H63N9O14S/c1-8-72-69(85)78-42-15-26-55(62(33-42)90-5)75-39-12-21-50-59(30-39)93-58-29-38(4)11-20-49(58)65(50)47-24-18-45(36-53(47)67(81)82)95(88,89)46-19-25-48(54(37-46)68(83)84)66-51-22-13-40(76-56-27-16-43(34-63(56)91-6)79-70(86)73-9-2)31-60(51)94-61-32-41(14-23-52(61)66)77-57-28-17-44(35-64(57)92-7)80-71(87)74-10-3/h11-37,75-76H,4,8-10H2,1-3,5-7H3,(H,81,82)(H,83,84)(H2,72,78,85)(H2,73,79,86)(H2,74,80,87)/b77-41+. The molecule has 0 atom stereocenters. The number of fused-ring (bicyclic) bond motifs is 4. The number of urea groups is 3. The third kappa shape index (κ3) is 13.5. The number of nitrogens with one attached hydrogen (secondary N) is 8. The Hall–Kier alpha value is -12.3. The molecule has 95 heavy (non-hydrogen) atoms. The summed E-state index contributed by atoms with van der Waals surface area (Å²) in [5.74, 6) is -0.825. The molecule has 3 aliphatic rings. The summed E-state index contributed by atoms with van der Waals surface area (Å²) < 4.78 is 60.2. The second kappa shape index (κ2) is 27.3. The van der Waals surface area contributed by atoms with Crippen molar-refractivity contribution in [2.45, 2.75) is 30.6 Å². The summed E-state index contributed by atoms with van der Waals surface area (Å²) in [5.41, 5.74) is 5.43. The zero-order valence-electron chi connectivity index (χ0n) is 52.1. The van der Waals surface area contributed by atoms with E-state index in [2.05, 4.69) is 49.1 Å². The number of sulfone groups is 1. The van der Waals surface area contributed by atoms with Crippen LogP contribution in [0.5, 0.6) is 28.7 Å². The van der Waals surface area contributed by atoms with E-state index in [1.54, 1.807) is 148 Å². The van der Waals surface area contributed by atoms with E-state index in [0.717, 1.165) is 12.1 Å². The summed E-state index contributed by atoms with van der Waals surface area (Å²) in [4.78, 5) is 68.1. The molecule has 24 heteroatoms. The van der Waals surface area contributed by atoms with E-state index in [0.29, 0.717) is 137 Å². The molecule has 0 bridgehead atoms. The Morgan fingerprint density at radius 2 is 1.01 bits per heavy atom. The van der Waals surface area contributed by atoms with Crippen LogP contribution in [0, 0.1) is 0 Å². The molecule has 2 heterocycles. The summed E-state index contributed by atoms with van der Waals surface area (Å²) in [6.45, 7) is 10.8. The lowest BCUT2D eigenvalue weighted by Crippen LogP contribution is -2.28. The highest BCUT2D eigenvalue weighted by atomic mass is 32.2. The minimum absolute atomic E-state index is 0.114. The third-order valence-electron chi connectivity index (χ3n) is 15.3. The number of carbonyl (C=O) groups excluding carboxylic acids is 3. The first kappa shape index (κ1) is 64.2. The van der Waals surface area contributed by atoms with Gasteiger partial charge in [0.05, 0.1) is 59.0 Å². The van der Waals surface area contributed by atoms with Crippen molar-refractivity contribution in [2.24, 2.45) is 4.99 Å². The number of carboxylic acid groups (broad SMARTS) is 2. The number of amides is 6. The molecular weight excluding hydrogens is 1230 g/mol. The number of carbonyl (C=O) groups is 5. The Labute approximate surface area is 544 Å². The molecule has 8 aromatic rings. The second-order valence-corrected chi connectivity index (χ2v) is 23.4. The van der Waals surface area contributed by atoms with Crippen LogP contribution >= 0.6 is 0 Å². The van der Waals surface area contributed by atoms with Gasteiger partial charge in [0.2, 0.25) is 9.84 Å². The molecule has 0 fully saturated rings. The Kier molecular flexibility index (Phi) is 18.4. The minimum atomic E-state index is -4.69. The summed E-state index contributed by atoms with van der Waals surface area (Å²) in [7, 11) is -0.239. The summed E-state index contributed by atoms with van der Waals surface area (Å²) in [6.07, 6.45) is 0. The van der Waals surface area contributed by atoms with Crippen molar-refractivity contribution < 1.29 is 66.0 Å². The van der Waals surface area contributed by atoms with Gasteiger partial charge in [-0.1, -0.05) is 30.8 Å². The fourth-order valence-corrected chi connectivity index (χ4v) is 12.3. The summed E-state index contributed by atoms with van der Waals surface area (Å²) in [5, 5.41) is 47.1. The van der Waals surface area contributed by atoms with Crippen LogP contribution in [0.1, 0.15) is 52.6 Å². The van der Waals surface area contributed by atoms with Gasteiger partial charge in [-0.2, -0.15) is 0 Å². The molecule has 0 radical (unpaired) electrons. The zero-order valence-corrected chi connectivity index (χ0v) is 52.9. The molecule has 1 aliphatic carbocycles. The van der Waals surface area contributed by atoms with E-state index < -0.39 is 49.2 Å². The number of anilines is 7. The van der Waals surface area contributed by atoms with Crippen molar-refractivity contribution in [2.75, 3.05) is 67.5 Å². The van der Waals surface area contributed by atoms with Gasteiger partial charge in [-0.3, -0.25) is 0 Å². The highest BCUT2D eigenvalue weighted by Gasteiger charge is 2.30. The largest absolute Gasteiger partial charge is 0.494 e. The van der Waals surface area contributed by atoms with Crippen molar-refractivity contribution in [3.63, 3.8) is 0 Å². The average Bonchev–Trinajstić information content (AvgIpc) is 0.748. The van der Waals surface area contributed by atoms with Gasteiger partial charge >= 0.3 is 30.0 Å². The topological polar surface area (TPSA) is 319 Å². The number of nitrogens with zero attached hydrogens (tertiary/aromatic N) is 1. The molecule has 8 aromatic carbocycles. The van der Waals surface area contributed by atoms with Crippen molar-refractivity contribution in [1.82, 2.24) is 16.0 Å². The maximum Gasteiger partial charge on any atom is 0.336 e. The first-order valence-electron chi connectivity index (χ1n) is 29.7. The predicted molar refractivity (Wildman–Crippen MR) is 362 cm³/mol. The smallest absolute Gasteiger partial charge is 0.336 e. The third-order valence-corrected chi connectivity index (χ3v) is 17.0. The number of hydrogen-bond acceptors (Lipinski definition) is 15. The van der Waals surface area contributed by atoms with Gasteiger partial charge in [-0.05, 0) is 140 Å². The van der Waals surface area contributed by atoms with Crippen LogP contribution in [0.3, 0.4) is 0 Å². The van der Waals surface area contributed by atoms with Crippen molar-refractivity contribution in [1.29, 1.82) is 0 Å². The van der Waals surface area contributed by atoms with Crippen LogP contribution in [-0.4, -0.2) is 89.6 Å². The number of ether oxygens (including phenoxy) is 4. The van der Waals surface area contributed by atoms with E-state index >= 15 is 8.42 Å². The number of hydrogen-bond donors (Lipinski definition) is 10. The molecule has 2 aliphatic heterocycles. The quantitative estimate of drug-likeness (QED) is 0.0317. The number of methoxy groups -OCH3 is 3. The van der Waals surface area contributed by atoms with E-state index in [-0.39, 0.29) is 34.1 Å². The van der Waals surface area contributed by atoms with Gasteiger partial charge in [-0.25, -0.2) is 37.4 Å². The Morgan fingerprint density at radius 3 is 1.58 bits per heavy atom. The molecular formula is C71H63N9O14S. The normalized spacial score (nSPS) is 11.7. The molecule has 11 rings (SSSR count). The van der Waals surface area contributed by atoms with Gasteiger partial charge in [0, 0.05) is 117 Å². The summed E-state index contributed by atoms with van der Waals surface area (Å²) >= 11 is 0. The van der Waals surface area contributed by atoms with Crippen LogP contribution in [0.4, 0.5) is 59.9 Å². The predicted octanol–water partition coefficient (Wildman–Crippen LogP) is 12.4. The number of aromatic carboxylic acids is 2. The Morgan fingerprint density at radius 1 is 0.505 bits per heavy atom. The number of carboxylic acids is 2. The van der Waals surface area contributed by atoms with Crippen LogP contribution in [0.2, 0.25) is 0 Å². The maximum absolute atomic E-state index is 15.0. The van der Waals surface area contributed by atoms with Crippen molar-refractivity contribution in [3.05, 3.63) is 202 Å². The number of rotatable bonds is 20. The van der Waals surface area contributed by atoms with Crippen molar-refractivity contribution in [3.8, 4) is 51.2 Å². The maximum atomic E-state index is 15.0. The van der Waals surface area contributed by atoms with E-state index in [1.807, 2.05) is 0 Å². The monoisotopic (exact) mass is 1300 g/mol. The Bertz CT molecular complexity index is 5050. The molecule has 6 amide bonds. The average molecular weight is 1300 g/mol. The van der Waals surface area contributed by atoms with Gasteiger partial charge in [0.15, 0.2) is 0 Å². The molecule has 0 saturated heterocycles. The fraction of sp³-hybridized carbons (Fsp3) is 0.127. The molecule has 0 spiro atoms. The highest BCUT2D eigenvalue weighted by molar-refractivity contribution is 7.91. The van der Waals surface area contributed by atoms with Crippen LogP contribution in [0.15, 0.2) is 183 Å². The lowest BCUT2D eigenvalue weighted by molar-refractivity contribution is 0.0686. The van der Waals surface area contributed by atoms with Crippen LogP contribution < -0.4 is 77.3 Å².